The second-order valence-corrected chi connectivity index (χ2v) is 1.87. The van der Waals surface area contributed by atoms with Crippen molar-refractivity contribution in [3.05, 3.63) is 0 Å². The van der Waals surface area contributed by atoms with E-state index in [1.165, 1.54) is 0 Å². The number of nitrogens with zero attached hydrogens (tertiary/aromatic N) is 1. The van der Waals surface area contributed by atoms with Gasteiger partial charge in [0.25, 0.3) is 0 Å². The first kappa shape index (κ1) is 10.2. The zero-order valence-corrected chi connectivity index (χ0v) is 5.70. The van der Waals surface area contributed by atoms with Crippen LogP contribution >= 0.6 is 11.6 Å². The molecule has 3 N–H and O–H groups in total. The van der Waals surface area contributed by atoms with Gasteiger partial charge in [-0.1, -0.05) is 0 Å². The molecule has 3 heteroatoms. The highest BCUT2D eigenvalue weighted by Gasteiger charge is 1.81. The summed E-state index contributed by atoms with van der Waals surface area (Å²) < 4.78 is 0. The van der Waals surface area contributed by atoms with E-state index in [1.54, 1.807) is 0 Å². The van der Waals surface area contributed by atoms with Crippen molar-refractivity contribution in [1.29, 1.82) is 0 Å². The fourth-order valence-electron chi connectivity index (χ4n) is 0.169. The summed E-state index contributed by atoms with van der Waals surface area (Å²) in [5.41, 5.74) is 0. The van der Waals surface area contributed by atoms with Gasteiger partial charge in [0.1, 0.15) is 0 Å². The molecule has 0 aromatic carbocycles. The first-order valence-corrected chi connectivity index (χ1v) is 2.51. The standard InChI is InChI=1S/C4H10ClN.H3N/c1-6(2)4-3-5;/h3-4H2,1-2H3;1H3. The lowest BCUT2D eigenvalue weighted by Crippen LogP contribution is -2.13. The first-order valence-electron chi connectivity index (χ1n) is 1.98. The van der Waals surface area contributed by atoms with E-state index < -0.39 is 0 Å². The maximum Gasteiger partial charge on any atom is 0.0350 e. The molecule has 0 heterocycles. The molecule has 0 spiro atoms. The highest BCUT2D eigenvalue weighted by atomic mass is 35.5. The molecule has 0 amide bonds. The van der Waals surface area contributed by atoms with Crippen molar-refractivity contribution in [2.24, 2.45) is 0 Å². The van der Waals surface area contributed by atoms with Crippen molar-refractivity contribution in [3.63, 3.8) is 0 Å². The second-order valence-electron chi connectivity index (χ2n) is 1.49. The van der Waals surface area contributed by atoms with Crippen LogP contribution in [-0.4, -0.2) is 31.4 Å². The van der Waals surface area contributed by atoms with Crippen LogP contribution in [0.1, 0.15) is 0 Å². The smallest absolute Gasteiger partial charge is 0.0350 e. The monoisotopic (exact) mass is 124 g/mol. The fourth-order valence-corrected chi connectivity index (χ4v) is 0.507. The van der Waals surface area contributed by atoms with Crippen LogP contribution in [0.3, 0.4) is 0 Å². The molecular formula is C4H13ClN2. The SMILES string of the molecule is CN(C)CCCl.N. The minimum absolute atomic E-state index is 0. The topological polar surface area (TPSA) is 38.2 Å². The molecule has 0 saturated carbocycles. The summed E-state index contributed by atoms with van der Waals surface area (Å²) >= 11 is 5.35. The van der Waals surface area contributed by atoms with Crippen LogP contribution < -0.4 is 6.15 Å². The molecule has 0 saturated heterocycles. The molecule has 0 aliphatic heterocycles. The number of rotatable bonds is 2. The average Bonchev–Trinajstić information content (AvgIpc) is 1.35. The Bertz CT molecular complexity index is 30.9. The van der Waals surface area contributed by atoms with Gasteiger partial charge >= 0.3 is 0 Å². The maximum atomic E-state index is 5.35. The number of alkyl halides is 1. The summed E-state index contributed by atoms with van der Waals surface area (Å²) in [7, 11) is 4.00. The fraction of sp³-hybridized carbons (Fsp3) is 1.00. The van der Waals surface area contributed by atoms with Crippen molar-refractivity contribution in [2.45, 2.75) is 0 Å². The lowest BCUT2D eigenvalue weighted by atomic mass is 10.7. The van der Waals surface area contributed by atoms with Gasteiger partial charge in [-0.25, -0.2) is 0 Å². The lowest BCUT2D eigenvalue weighted by molar-refractivity contribution is 0.436. The molecule has 0 unspecified atom stereocenters. The van der Waals surface area contributed by atoms with Crippen LogP contribution in [-0.2, 0) is 0 Å². The number of halogens is 1. The highest BCUT2D eigenvalue weighted by Crippen LogP contribution is 1.75. The molecule has 0 radical (unpaired) electrons. The van der Waals surface area contributed by atoms with Crippen LogP contribution in [0.2, 0.25) is 0 Å². The van der Waals surface area contributed by atoms with Crippen LogP contribution in [0.4, 0.5) is 0 Å². The highest BCUT2D eigenvalue weighted by molar-refractivity contribution is 6.18. The Kier molecular flexibility index (Phi) is 9.09. The van der Waals surface area contributed by atoms with Crippen molar-refractivity contribution in [2.75, 3.05) is 26.5 Å². The van der Waals surface area contributed by atoms with Crippen LogP contribution in [0.5, 0.6) is 0 Å². The van der Waals surface area contributed by atoms with Gasteiger partial charge in [-0.05, 0) is 14.1 Å². The minimum Gasteiger partial charge on any atom is -0.344 e. The Morgan fingerprint density at radius 3 is 1.86 bits per heavy atom. The quantitative estimate of drug-likeness (QED) is 0.557. The normalized spacial score (nSPS) is 8.57. The molecule has 7 heavy (non-hydrogen) atoms. The van der Waals surface area contributed by atoms with E-state index >= 15 is 0 Å². The van der Waals surface area contributed by atoms with Crippen molar-refractivity contribution in [1.82, 2.24) is 11.1 Å². The number of hydrogen-bond acceptors (Lipinski definition) is 2. The Balaban J connectivity index is 0. The maximum absolute atomic E-state index is 5.35. The van der Waals surface area contributed by atoms with Crippen molar-refractivity contribution in [3.8, 4) is 0 Å². The lowest BCUT2D eigenvalue weighted by Gasteiger charge is -2.02. The second kappa shape index (κ2) is 6.21. The summed E-state index contributed by atoms with van der Waals surface area (Å²) in [5.74, 6) is 0.729. The van der Waals surface area contributed by atoms with E-state index in [0.29, 0.717) is 0 Å². The zero-order chi connectivity index (χ0) is 4.99. The van der Waals surface area contributed by atoms with Gasteiger partial charge in [-0.2, -0.15) is 0 Å². The van der Waals surface area contributed by atoms with Gasteiger partial charge in [0.2, 0.25) is 0 Å². The summed E-state index contributed by atoms with van der Waals surface area (Å²) in [6, 6.07) is 0. The summed E-state index contributed by atoms with van der Waals surface area (Å²) in [5, 5.41) is 0. The van der Waals surface area contributed by atoms with E-state index in [9.17, 15) is 0 Å². The molecule has 0 aromatic heterocycles. The van der Waals surface area contributed by atoms with Gasteiger partial charge in [0.05, 0.1) is 0 Å². The molecule has 0 rings (SSSR count). The Labute approximate surface area is 50.0 Å². The van der Waals surface area contributed by atoms with Crippen LogP contribution in [0, 0.1) is 0 Å². The summed E-state index contributed by atoms with van der Waals surface area (Å²) in [6.07, 6.45) is 0. The molecule has 0 atom stereocenters. The molecular weight excluding hydrogens is 112 g/mol. The van der Waals surface area contributed by atoms with Gasteiger partial charge in [0, 0.05) is 12.4 Å². The van der Waals surface area contributed by atoms with Crippen molar-refractivity contribution < 1.29 is 0 Å². The van der Waals surface area contributed by atoms with E-state index in [1.807, 2.05) is 19.0 Å². The van der Waals surface area contributed by atoms with E-state index in [2.05, 4.69) is 0 Å². The van der Waals surface area contributed by atoms with Gasteiger partial charge in [-0.15, -0.1) is 11.6 Å². The Morgan fingerprint density at radius 1 is 1.43 bits per heavy atom. The van der Waals surface area contributed by atoms with Gasteiger partial charge in [0.15, 0.2) is 0 Å². The third-order valence-electron chi connectivity index (χ3n) is 0.532. The average molecular weight is 125 g/mol. The van der Waals surface area contributed by atoms with Gasteiger partial charge in [-0.3, -0.25) is 0 Å². The molecule has 0 aliphatic rings. The molecule has 0 fully saturated rings. The molecule has 0 bridgehead atoms. The largest absolute Gasteiger partial charge is 0.344 e. The zero-order valence-electron chi connectivity index (χ0n) is 4.95. The third-order valence-corrected chi connectivity index (χ3v) is 0.701. The molecule has 0 aliphatic carbocycles. The predicted octanol–water partition coefficient (Wildman–Crippen LogP) is 0.949. The predicted molar refractivity (Wildman–Crippen MR) is 34.3 cm³/mol. The van der Waals surface area contributed by atoms with Crippen LogP contribution in [0.25, 0.3) is 0 Å². The summed E-state index contributed by atoms with van der Waals surface area (Å²) in [6.45, 7) is 0.974. The molecule has 46 valence electrons. The Morgan fingerprint density at radius 2 is 1.86 bits per heavy atom. The summed E-state index contributed by atoms with van der Waals surface area (Å²) in [4.78, 5) is 2.05. The minimum atomic E-state index is 0. The first-order chi connectivity index (χ1) is 2.77. The van der Waals surface area contributed by atoms with E-state index in [-0.39, 0.29) is 6.15 Å². The number of hydrogen-bond donors (Lipinski definition) is 1. The van der Waals surface area contributed by atoms with Crippen LogP contribution in [0.15, 0.2) is 0 Å². The van der Waals surface area contributed by atoms with E-state index in [0.717, 1.165) is 12.4 Å². The molecule has 0 aromatic rings. The van der Waals surface area contributed by atoms with Crippen molar-refractivity contribution >= 4 is 11.6 Å². The van der Waals surface area contributed by atoms with Gasteiger partial charge < -0.3 is 11.1 Å². The molecule has 2 nitrogen and oxygen atoms in total. The Hall–Kier alpha value is 0.210. The third kappa shape index (κ3) is 10.7. The van der Waals surface area contributed by atoms with E-state index in [4.69, 9.17) is 11.6 Å².